The van der Waals surface area contributed by atoms with E-state index < -0.39 is 17.6 Å². The number of rotatable bonds is 18. The van der Waals surface area contributed by atoms with Crippen LogP contribution in [0.4, 0.5) is 0 Å². The Hall–Kier alpha value is 0.154. The van der Waals surface area contributed by atoms with Gasteiger partial charge in [0.15, 0.2) is 0 Å². The molecule has 7 nitrogen and oxygen atoms in total. The minimum Gasteiger partial charge on any atom is -0.377 e. The van der Waals surface area contributed by atoms with Crippen LogP contribution in [0, 0.1) is 0 Å². The molecule has 0 fully saturated rings. The summed E-state index contributed by atoms with van der Waals surface area (Å²) in [6, 6.07) is 1.67. The van der Waals surface area contributed by atoms with Crippen molar-refractivity contribution >= 4 is 17.6 Å². The van der Waals surface area contributed by atoms with Gasteiger partial charge in [0.05, 0.1) is 0 Å². The number of hydrogen-bond acceptors (Lipinski definition) is 7. The molecule has 158 valence electrons. The Morgan fingerprint density at radius 1 is 0.615 bits per heavy atom. The van der Waals surface area contributed by atoms with Gasteiger partial charge in [-0.25, -0.2) is 0 Å². The summed E-state index contributed by atoms with van der Waals surface area (Å²) in [6.45, 7) is 12.4. The molecule has 0 aliphatic rings. The van der Waals surface area contributed by atoms with E-state index in [0.29, 0.717) is 26.4 Å². The Bertz CT molecular complexity index is 296. The summed E-state index contributed by atoms with van der Waals surface area (Å²) in [7, 11) is 0.509. The van der Waals surface area contributed by atoms with Gasteiger partial charge in [0.25, 0.3) is 0 Å². The topological polar surface area (TPSA) is 58.6 Å². The zero-order chi connectivity index (χ0) is 19.9. The molecule has 0 saturated carbocycles. The van der Waals surface area contributed by atoms with Crippen molar-refractivity contribution in [1.29, 1.82) is 0 Å². The molecule has 0 aliphatic carbocycles. The molecule has 0 spiro atoms. The van der Waals surface area contributed by atoms with Crippen LogP contribution in [-0.4, -0.2) is 83.3 Å². The van der Waals surface area contributed by atoms with Crippen molar-refractivity contribution < 1.29 is 26.6 Å². The SMILES string of the molecule is CCO[Si](CCCN(C)CCC[Si](OC)(OCC)OCC)(OC)OCC. The molecule has 0 atom stereocenters. The van der Waals surface area contributed by atoms with E-state index >= 15 is 0 Å². The van der Waals surface area contributed by atoms with Crippen LogP contribution in [0.5, 0.6) is 0 Å². The second-order valence-corrected chi connectivity index (χ2v) is 11.7. The monoisotopic (exact) mass is 411 g/mol. The third-order valence-corrected chi connectivity index (χ3v) is 10.2. The highest BCUT2D eigenvalue weighted by atomic mass is 28.4. The predicted molar refractivity (Wildman–Crippen MR) is 108 cm³/mol. The fourth-order valence-electron chi connectivity index (χ4n) is 2.93. The van der Waals surface area contributed by atoms with Crippen LogP contribution < -0.4 is 0 Å². The van der Waals surface area contributed by atoms with Crippen LogP contribution >= 0.6 is 0 Å². The molecule has 0 aromatic heterocycles. The zero-order valence-corrected chi connectivity index (χ0v) is 20.0. The highest BCUT2D eigenvalue weighted by Gasteiger charge is 2.40. The number of nitrogens with zero attached hydrogens (tertiary/aromatic N) is 1. The van der Waals surface area contributed by atoms with Crippen LogP contribution in [-0.2, 0) is 26.6 Å². The Morgan fingerprint density at radius 3 is 1.15 bits per heavy atom. The lowest BCUT2D eigenvalue weighted by Gasteiger charge is -2.29. The fraction of sp³-hybridized carbons (Fsp3) is 1.00. The van der Waals surface area contributed by atoms with Crippen LogP contribution in [0.2, 0.25) is 12.1 Å². The van der Waals surface area contributed by atoms with Crippen molar-refractivity contribution in [3.63, 3.8) is 0 Å². The molecule has 0 aromatic carbocycles. The van der Waals surface area contributed by atoms with E-state index in [1.54, 1.807) is 14.2 Å². The molecule has 0 amide bonds. The van der Waals surface area contributed by atoms with Gasteiger partial charge < -0.3 is 31.5 Å². The van der Waals surface area contributed by atoms with E-state index in [4.69, 9.17) is 26.6 Å². The first-order valence-electron chi connectivity index (χ1n) is 9.81. The van der Waals surface area contributed by atoms with Crippen LogP contribution in [0.25, 0.3) is 0 Å². The van der Waals surface area contributed by atoms with Gasteiger partial charge in [0.1, 0.15) is 0 Å². The van der Waals surface area contributed by atoms with Crippen molar-refractivity contribution in [1.82, 2.24) is 4.90 Å². The van der Waals surface area contributed by atoms with Gasteiger partial charge in [-0.15, -0.1) is 0 Å². The zero-order valence-electron chi connectivity index (χ0n) is 18.0. The largest absolute Gasteiger partial charge is 0.500 e. The third-order valence-electron chi connectivity index (χ3n) is 4.12. The second-order valence-electron chi connectivity index (χ2n) is 6.02. The predicted octanol–water partition coefficient (Wildman–Crippen LogP) is 3.02. The molecule has 0 unspecified atom stereocenters. The molecule has 0 aromatic rings. The van der Waals surface area contributed by atoms with Crippen molar-refractivity contribution in [2.24, 2.45) is 0 Å². The summed E-state index contributed by atoms with van der Waals surface area (Å²) in [5.74, 6) is 0. The molecule has 0 N–H and O–H groups in total. The maximum Gasteiger partial charge on any atom is 0.500 e. The summed E-state index contributed by atoms with van der Waals surface area (Å²) < 4.78 is 34.6. The molecular formula is C17H41NO6Si2. The standard InChI is InChI=1S/C17H41NO6Si2/c1-8-21-25(19-6,22-9-2)16-12-14-18(5)15-13-17-26(20-7,23-10-3)24-11-4/h8-17H2,1-7H3. The number of hydrogen-bond donors (Lipinski definition) is 0. The van der Waals surface area contributed by atoms with Gasteiger partial charge in [-0.1, -0.05) is 0 Å². The van der Waals surface area contributed by atoms with Crippen LogP contribution in [0.3, 0.4) is 0 Å². The maximum absolute atomic E-state index is 5.83. The van der Waals surface area contributed by atoms with E-state index in [1.807, 2.05) is 27.7 Å². The van der Waals surface area contributed by atoms with Crippen molar-refractivity contribution in [2.75, 3.05) is 60.8 Å². The van der Waals surface area contributed by atoms with E-state index in [2.05, 4.69) is 11.9 Å². The van der Waals surface area contributed by atoms with E-state index in [-0.39, 0.29) is 0 Å². The van der Waals surface area contributed by atoms with Gasteiger partial charge >= 0.3 is 17.6 Å². The molecule has 0 bridgehead atoms. The lowest BCUT2D eigenvalue weighted by molar-refractivity contribution is 0.0847. The minimum atomic E-state index is -2.50. The first kappa shape index (κ1) is 26.2. The molecule has 0 heterocycles. The Balaban J connectivity index is 4.30. The van der Waals surface area contributed by atoms with E-state index in [0.717, 1.165) is 38.0 Å². The van der Waals surface area contributed by atoms with Crippen molar-refractivity contribution in [3.8, 4) is 0 Å². The minimum absolute atomic E-state index is 0.620. The lowest BCUT2D eigenvalue weighted by Crippen LogP contribution is -2.46. The molecule has 0 saturated heterocycles. The Labute approximate surface area is 163 Å². The van der Waals surface area contributed by atoms with E-state index in [1.165, 1.54) is 0 Å². The molecular weight excluding hydrogens is 370 g/mol. The van der Waals surface area contributed by atoms with Gasteiger partial charge in [-0.3, -0.25) is 0 Å². The highest BCUT2D eigenvalue weighted by Crippen LogP contribution is 2.19. The normalized spacial score (nSPS) is 12.9. The Morgan fingerprint density at radius 2 is 0.923 bits per heavy atom. The summed E-state index contributed by atoms with van der Waals surface area (Å²) in [5.41, 5.74) is 0. The average Bonchev–Trinajstić information content (AvgIpc) is 2.62. The van der Waals surface area contributed by atoms with Crippen molar-refractivity contribution in [2.45, 2.75) is 52.6 Å². The van der Waals surface area contributed by atoms with Gasteiger partial charge in [0.2, 0.25) is 0 Å². The molecule has 9 heteroatoms. The maximum atomic E-state index is 5.83. The van der Waals surface area contributed by atoms with Gasteiger partial charge in [-0.05, 0) is 60.7 Å². The van der Waals surface area contributed by atoms with Crippen LogP contribution in [0.15, 0.2) is 0 Å². The molecule has 0 rings (SSSR count). The second kappa shape index (κ2) is 15.1. The van der Waals surface area contributed by atoms with Gasteiger partial charge in [-0.2, -0.15) is 0 Å². The summed E-state index contributed by atoms with van der Waals surface area (Å²) in [5, 5.41) is 0. The average molecular weight is 412 g/mol. The smallest absolute Gasteiger partial charge is 0.377 e. The molecule has 0 radical (unpaired) electrons. The van der Waals surface area contributed by atoms with E-state index in [9.17, 15) is 0 Å². The lowest BCUT2D eigenvalue weighted by atomic mass is 10.4. The summed E-state index contributed by atoms with van der Waals surface area (Å²) >= 11 is 0. The molecule has 26 heavy (non-hydrogen) atoms. The van der Waals surface area contributed by atoms with Gasteiger partial charge in [0, 0.05) is 52.7 Å². The van der Waals surface area contributed by atoms with Crippen molar-refractivity contribution in [3.05, 3.63) is 0 Å². The molecule has 0 aliphatic heterocycles. The summed E-state index contributed by atoms with van der Waals surface area (Å²) in [4.78, 5) is 2.32. The Kier molecular flexibility index (Phi) is 15.2. The first-order valence-corrected chi connectivity index (χ1v) is 13.7. The summed E-state index contributed by atoms with van der Waals surface area (Å²) in [6.07, 6.45) is 1.97. The van der Waals surface area contributed by atoms with Crippen LogP contribution in [0.1, 0.15) is 40.5 Å². The fourth-order valence-corrected chi connectivity index (χ4v) is 7.50. The third kappa shape index (κ3) is 9.91. The highest BCUT2D eigenvalue weighted by molar-refractivity contribution is 6.61. The first-order chi connectivity index (χ1) is 12.5. The quantitative estimate of drug-likeness (QED) is 0.321.